The van der Waals surface area contributed by atoms with Crippen molar-refractivity contribution in [3.63, 3.8) is 0 Å². The number of aliphatic hydroxyl groups is 1. The maximum atomic E-state index is 12.6. The Balaban J connectivity index is 5.36. The van der Waals surface area contributed by atoms with Crippen LogP contribution < -0.4 is 27.4 Å². The topological polar surface area (TPSA) is 214 Å². The SMILES string of the molecule is CCC(C)C(NC(=O)C(CS)NC(=O)C(N)C(C)O)C(=O)NC(CC(N)=O)C(=O)O. The molecule has 4 amide bonds. The monoisotopic (exact) mass is 449 g/mol. The van der Waals surface area contributed by atoms with Crippen LogP contribution in [0.3, 0.4) is 0 Å². The summed E-state index contributed by atoms with van der Waals surface area (Å²) in [5, 5.41) is 25.5. The van der Waals surface area contributed by atoms with Crippen molar-refractivity contribution in [1.29, 1.82) is 0 Å². The lowest BCUT2D eigenvalue weighted by molar-refractivity contribution is -0.144. The number of aliphatic carboxylic acids is 1. The second-order valence-electron chi connectivity index (χ2n) is 6.95. The molecule has 9 N–H and O–H groups in total. The molecular weight excluding hydrogens is 418 g/mol. The molecule has 0 spiro atoms. The predicted octanol–water partition coefficient (Wildman–Crippen LogP) is -2.92. The highest BCUT2D eigenvalue weighted by Crippen LogP contribution is 2.10. The van der Waals surface area contributed by atoms with Crippen molar-refractivity contribution in [2.45, 2.75) is 63.9 Å². The predicted molar refractivity (Wildman–Crippen MR) is 110 cm³/mol. The summed E-state index contributed by atoms with van der Waals surface area (Å²) in [6, 6.07) is -5.13. The summed E-state index contributed by atoms with van der Waals surface area (Å²) in [4.78, 5) is 59.5. The number of thiol groups is 1. The zero-order valence-electron chi connectivity index (χ0n) is 17.1. The molecule has 0 aromatic carbocycles. The maximum Gasteiger partial charge on any atom is 0.326 e. The second-order valence-corrected chi connectivity index (χ2v) is 7.32. The van der Waals surface area contributed by atoms with E-state index in [0.29, 0.717) is 6.42 Å². The van der Waals surface area contributed by atoms with Crippen molar-refractivity contribution in [2.24, 2.45) is 17.4 Å². The fraction of sp³-hybridized carbons (Fsp3) is 0.706. The normalized spacial score (nSPS) is 16.9. The van der Waals surface area contributed by atoms with E-state index in [0.717, 1.165) is 0 Å². The molecule has 0 aliphatic rings. The molecule has 0 aliphatic carbocycles. The van der Waals surface area contributed by atoms with Gasteiger partial charge in [-0.2, -0.15) is 12.6 Å². The third-order valence-corrected chi connectivity index (χ3v) is 4.82. The molecule has 0 fully saturated rings. The first-order valence-corrected chi connectivity index (χ1v) is 9.95. The first-order chi connectivity index (χ1) is 13.8. The van der Waals surface area contributed by atoms with Crippen molar-refractivity contribution in [1.82, 2.24) is 16.0 Å². The van der Waals surface area contributed by atoms with E-state index >= 15 is 0 Å². The van der Waals surface area contributed by atoms with Gasteiger partial charge in [-0.25, -0.2) is 4.79 Å². The van der Waals surface area contributed by atoms with E-state index in [9.17, 15) is 29.1 Å². The molecule has 13 heteroatoms. The highest BCUT2D eigenvalue weighted by Gasteiger charge is 2.33. The van der Waals surface area contributed by atoms with Gasteiger partial charge in [0.25, 0.3) is 0 Å². The highest BCUT2D eigenvalue weighted by molar-refractivity contribution is 7.80. The summed E-state index contributed by atoms with van der Waals surface area (Å²) in [5.41, 5.74) is 10.5. The number of nitrogens with one attached hydrogen (secondary N) is 3. The molecule has 0 rings (SSSR count). The minimum absolute atomic E-state index is 0.127. The lowest BCUT2D eigenvalue weighted by Crippen LogP contribution is -2.60. The number of rotatable bonds is 13. The number of hydrogen-bond donors (Lipinski definition) is 8. The van der Waals surface area contributed by atoms with Crippen LogP contribution in [0.4, 0.5) is 0 Å². The molecule has 0 bridgehead atoms. The molecule has 0 saturated carbocycles. The molecule has 6 unspecified atom stereocenters. The average molecular weight is 450 g/mol. The van der Waals surface area contributed by atoms with Gasteiger partial charge in [-0.1, -0.05) is 20.3 Å². The van der Waals surface area contributed by atoms with Gasteiger partial charge in [0.2, 0.25) is 23.6 Å². The molecule has 0 aliphatic heterocycles. The molecule has 6 atom stereocenters. The maximum absolute atomic E-state index is 12.6. The number of amides is 4. The average Bonchev–Trinajstić information content (AvgIpc) is 2.67. The molecule has 30 heavy (non-hydrogen) atoms. The van der Waals surface area contributed by atoms with Gasteiger partial charge in [0.1, 0.15) is 24.2 Å². The van der Waals surface area contributed by atoms with Gasteiger partial charge in [0, 0.05) is 5.75 Å². The van der Waals surface area contributed by atoms with Gasteiger partial charge in [0.05, 0.1) is 12.5 Å². The van der Waals surface area contributed by atoms with Crippen LogP contribution in [0.1, 0.15) is 33.6 Å². The van der Waals surface area contributed by atoms with Crippen molar-refractivity contribution in [3.8, 4) is 0 Å². The van der Waals surface area contributed by atoms with E-state index in [-0.39, 0.29) is 5.75 Å². The Labute approximate surface area is 179 Å². The molecule has 0 saturated heterocycles. The number of carboxylic acids is 1. The molecule has 0 aromatic heterocycles. The van der Waals surface area contributed by atoms with Crippen LogP contribution in [0.2, 0.25) is 0 Å². The van der Waals surface area contributed by atoms with Gasteiger partial charge >= 0.3 is 5.97 Å². The Morgan fingerprint density at radius 2 is 1.50 bits per heavy atom. The highest BCUT2D eigenvalue weighted by atomic mass is 32.1. The van der Waals surface area contributed by atoms with Crippen molar-refractivity contribution in [2.75, 3.05) is 5.75 Å². The fourth-order valence-corrected chi connectivity index (χ4v) is 2.56. The first-order valence-electron chi connectivity index (χ1n) is 9.32. The summed E-state index contributed by atoms with van der Waals surface area (Å²) < 4.78 is 0. The van der Waals surface area contributed by atoms with E-state index in [1.54, 1.807) is 13.8 Å². The number of aliphatic hydroxyl groups excluding tert-OH is 1. The first kappa shape index (κ1) is 27.6. The van der Waals surface area contributed by atoms with Crippen LogP contribution in [-0.4, -0.2) is 75.8 Å². The van der Waals surface area contributed by atoms with Gasteiger partial charge < -0.3 is 37.6 Å². The van der Waals surface area contributed by atoms with Gasteiger partial charge in [0.15, 0.2) is 0 Å². The summed E-state index contributed by atoms with van der Waals surface area (Å²) in [6.07, 6.45) is -1.31. The van der Waals surface area contributed by atoms with Crippen molar-refractivity contribution >= 4 is 42.2 Å². The molecule has 0 aromatic rings. The Morgan fingerprint density at radius 1 is 0.967 bits per heavy atom. The van der Waals surface area contributed by atoms with Gasteiger partial charge in [-0.15, -0.1) is 0 Å². The lowest BCUT2D eigenvalue weighted by Gasteiger charge is -2.27. The minimum Gasteiger partial charge on any atom is -0.480 e. The molecule has 0 radical (unpaired) electrons. The van der Waals surface area contributed by atoms with Crippen LogP contribution in [0, 0.1) is 5.92 Å². The van der Waals surface area contributed by atoms with Crippen LogP contribution in [0.5, 0.6) is 0 Å². The fourth-order valence-electron chi connectivity index (χ4n) is 2.30. The molecule has 172 valence electrons. The lowest BCUT2D eigenvalue weighted by atomic mass is 9.97. The summed E-state index contributed by atoms with van der Waals surface area (Å²) >= 11 is 4.01. The smallest absolute Gasteiger partial charge is 0.326 e. The van der Waals surface area contributed by atoms with Crippen molar-refractivity contribution in [3.05, 3.63) is 0 Å². The molecular formula is C17H31N5O7S. The Hall–Kier alpha value is -2.38. The van der Waals surface area contributed by atoms with Crippen LogP contribution in [-0.2, 0) is 24.0 Å². The van der Waals surface area contributed by atoms with Gasteiger partial charge in [-0.3, -0.25) is 19.2 Å². The number of carbonyl (C=O) groups excluding carboxylic acids is 4. The Morgan fingerprint density at radius 3 is 1.90 bits per heavy atom. The van der Waals surface area contributed by atoms with E-state index < -0.39 is 72.2 Å². The van der Waals surface area contributed by atoms with Crippen LogP contribution in [0.15, 0.2) is 0 Å². The quantitative estimate of drug-likeness (QED) is 0.136. The third-order valence-electron chi connectivity index (χ3n) is 4.45. The number of hydrogen-bond acceptors (Lipinski definition) is 8. The summed E-state index contributed by atoms with van der Waals surface area (Å²) in [7, 11) is 0. The van der Waals surface area contributed by atoms with E-state index in [2.05, 4.69) is 28.6 Å². The number of carbonyl (C=O) groups is 5. The zero-order chi connectivity index (χ0) is 23.6. The number of primary amides is 1. The Bertz CT molecular complexity index is 646. The third kappa shape index (κ3) is 8.97. The van der Waals surface area contributed by atoms with Crippen molar-refractivity contribution < 1.29 is 34.2 Å². The summed E-state index contributed by atoms with van der Waals surface area (Å²) in [6.45, 7) is 4.73. The molecule has 0 heterocycles. The standard InChI is InChI=1S/C17H31N5O7S/c1-4-7(2)13(16(27)20-9(17(28)29)5-11(18)24)22-14(25)10(6-30)21-15(26)12(19)8(3)23/h7-10,12-13,23,30H,4-6,19H2,1-3H3,(H2,18,24)(H,20,27)(H,21,26)(H,22,25)(H,28,29). The largest absolute Gasteiger partial charge is 0.480 e. The van der Waals surface area contributed by atoms with Crippen LogP contribution in [0.25, 0.3) is 0 Å². The van der Waals surface area contributed by atoms with E-state index in [4.69, 9.17) is 16.6 Å². The van der Waals surface area contributed by atoms with Crippen LogP contribution >= 0.6 is 12.6 Å². The number of nitrogens with two attached hydrogens (primary N) is 2. The van der Waals surface area contributed by atoms with E-state index in [1.165, 1.54) is 6.92 Å². The zero-order valence-corrected chi connectivity index (χ0v) is 18.0. The Kier molecular flexibility index (Phi) is 12.0. The van der Waals surface area contributed by atoms with Gasteiger partial charge in [-0.05, 0) is 12.8 Å². The second kappa shape index (κ2) is 13.0. The number of carboxylic acid groups (broad SMARTS) is 1. The summed E-state index contributed by atoms with van der Waals surface area (Å²) in [5.74, 6) is -5.26. The van der Waals surface area contributed by atoms with E-state index in [1.807, 2.05) is 0 Å². The minimum atomic E-state index is -1.55. The molecule has 12 nitrogen and oxygen atoms in total.